The Kier molecular flexibility index (Phi) is 3.37. The number of carboxylic acid groups (broad SMARTS) is 1. The summed E-state index contributed by atoms with van der Waals surface area (Å²) in [6, 6.07) is 0.133. The number of amides is 2. The van der Waals surface area contributed by atoms with Gasteiger partial charge in [-0.2, -0.15) is 0 Å². The van der Waals surface area contributed by atoms with Crippen molar-refractivity contribution in [2.75, 3.05) is 19.6 Å². The molecule has 0 aromatic rings. The van der Waals surface area contributed by atoms with Crippen LogP contribution in [0.3, 0.4) is 0 Å². The molecule has 0 aromatic carbocycles. The van der Waals surface area contributed by atoms with Crippen LogP contribution >= 0.6 is 0 Å². The van der Waals surface area contributed by atoms with Gasteiger partial charge in [0.25, 0.3) is 0 Å². The van der Waals surface area contributed by atoms with Gasteiger partial charge < -0.3 is 14.9 Å². The van der Waals surface area contributed by atoms with E-state index in [4.69, 9.17) is 5.11 Å². The normalized spacial score (nSPS) is 22.1. The summed E-state index contributed by atoms with van der Waals surface area (Å²) in [5, 5.41) is 8.97. The summed E-state index contributed by atoms with van der Waals surface area (Å²) in [5.74, 6) is 0.417. The second kappa shape index (κ2) is 5.02. The SMILES string of the molecule is O=C(O)CN(C(=O)N(CC1CC1)CC1CC1)C1CC1. The fourth-order valence-electron chi connectivity index (χ4n) is 2.52. The van der Waals surface area contributed by atoms with E-state index in [0.717, 1.165) is 25.9 Å². The average Bonchev–Trinajstić information content (AvgIpc) is 3.22. The maximum atomic E-state index is 12.6. The lowest BCUT2D eigenvalue weighted by atomic mass is 10.3. The van der Waals surface area contributed by atoms with Gasteiger partial charge in [-0.15, -0.1) is 0 Å². The van der Waals surface area contributed by atoms with E-state index < -0.39 is 5.97 Å². The number of carbonyl (C=O) groups excluding carboxylic acids is 1. The van der Waals surface area contributed by atoms with Crippen LogP contribution in [0.1, 0.15) is 38.5 Å². The molecule has 0 aromatic heterocycles. The standard InChI is InChI=1S/C14H22N2O3/c17-13(18)9-16(12-5-6-12)14(19)15(7-10-1-2-10)8-11-3-4-11/h10-12H,1-9H2,(H,17,18). The highest BCUT2D eigenvalue weighted by molar-refractivity contribution is 5.81. The molecule has 5 nitrogen and oxygen atoms in total. The van der Waals surface area contributed by atoms with Crippen LogP contribution in [0.2, 0.25) is 0 Å². The van der Waals surface area contributed by atoms with E-state index in [1.54, 1.807) is 4.90 Å². The van der Waals surface area contributed by atoms with Gasteiger partial charge in [0.15, 0.2) is 0 Å². The van der Waals surface area contributed by atoms with Crippen molar-refractivity contribution in [2.45, 2.75) is 44.6 Å². The molecule has 0 spiro atoms. The van der Waals surface area contributed by atoms with Crippen molar-refractivity contribution in [2.24, 2.45) is 11.8 Å². The lowest BCUT2D eigenvalue weighted by Gasteiger charge is -2.30. The third kappa shape index (κ3) is 3.61. The van der Waals surface area contributed by atoms with Crippen molar-refractivity contribution in [3.05, 3.63) is 0 Å². The van der Waals surface area contributed by atoms with Crippen molar-refractivity contribution in [3.8, 4) is 0 Å². The summed E-state index contributed by atoms with van der Waals surface area (Å²) in [5.41, 5.74) is 0. The highest BCUT2D eigenvalue weighted by Gasteiger charge is 2.39. The molecule has 106 valence electrons. The van der Waals surface area contributed by atoms with Crippen molar-refractivity contribution >= 4 is 12.0 Å². The average molecular weight is 266 g/mol. The van der Waals surface area contributed by atoms with Gasteiger partial charge in [-0.25, -0.2) is 4.79 Å². The molecular formula is C14H22N2O3. The van der Waals surface area contributed by atoms with Crippen LogP contribution in [-0.4, -0.2) is 52.6 Å². The van der Waals surface area contributed by atoms with Gasteiger partial charge in [0.2, 0.25) is 0 Å². The second-order valence-electron chi connectivity index (χ2n) is 6.33. The number of hydrogen-bond acceptors (Lipinski definition) is 2. The fourth-order valence-corrected chi connectivity index (χ4v) is 2.52. The van der Waals surface area contributed by atoms with Gasteiger partial charge in [0.1, 0.15) is 6.54 Å². The minimum absolute atomic E-state index is 0.0382. The number of carbonyl (C=O) groups is 2. The summed E-state index contributed by atoms with van der Waals surface area (Å²) in [4.78, 5) is 27.0. The molecule has 0 atom stereocenters. The summed E-state index contributed by atoms with van der Waals surface area (Å²) >= 11 is 0. The van der Waals surface area contributed by atoms with E-state index in [1.807, 2.05) is 4.90 Å². The number of carboxylic acids is 1. The molecule has 3 aliphatic rings. The van der Waals surface area contributed by atoms with Crippen LogP contribution in [0.15, 0.2) is 0 Å². The fraction of sp³-hybridized carbons (Fsp3) is 0.857. The molecule has 5 heteroatoms. The zero-order valence-corrected chi connectivity index (χ0v) is 11.3. The summed E-state index contributed by atoms with van der Waals surface area (Å²) in [6.07, 6.45) is 6.79. The maximum absolute atomic E-state index is 12.6. The third-order valence-electron chi connectivity index (χ3n) is 4.16. The van der Waals surface area contributed by atoms with Gasteiger partial charge in [-0.1, -0.05) is 0 Å². The van der Waals surface area contributed by atoms with Gasteiger partial charge in [-0.05, 0) is 50.4 Å². The van der Waals surface area contributed by atoms with Crippen LogP contribution in [0.4, 0.5) is 4.79 Å². The van der Waals surface area contributed by atoms with Crippen LogP contribution in [0, 0.1) is 11.8 Å². The Hall–Kier alpha value is -1.26. The zero-order valence-electron chi connectivity index (χ0n) is 11.3. The predicted octanol–water partition coefficient (Wildman–Crippen LogP) is 1.78. The number of urea groups is 1. The van der Waals surface area contributed by atoms with E-state index in [0.29, 0.717) is 11.8 Å². The first-order valence-electron chi connectivity index (χ1n) is 7.41. The van der Waals surface area contributed by atoms with Crippen molar-refractivity contribution < 1.29 is 14.7 Å². The molecule has 3 rings (SSSR count). The summed E-state index contributed by atoms with van der Waals surface area (Å²) in [6.45, 7) is 1.52. The Balaban J connectivity index is 1.62. The van der Waals surface area contributed by atoms with Gasteiger partial charge in [-0.3, -0.25) is 4.79 Å². The molecule has 3 aliphatic carbocycles. The Morgan fingerprint density at radius 3 is 1.84 bits per heavy atom. The molecule has 0 heterocycles. The quantitative estimate of drug-likeness (QED) is 0.764. The number of nitrogens with zero attached hydrogens (tertiary/aromatic N) is 2. The van der Waals surface area contributed by atoms with Crippen molar-refractivity contribution in [1.29, 1.82) is 0 Å². The first-order valence-corrected chi connectivity index (χ1v) is 7.41. The van der Waals surface area contributed by atoms with E-state index in [1.165, 1.54) is 25.7 Å². The molecule has 3 saturated carbocycles. The first kappa shape index (κ1) is 12.8. The zero-order chi connectivity index (χ0) is 13.4. The monoisotopic (exact) mass is 266 g/mol. The first-order chi connectivity index (χ1) is 9.13. The molecule has 0 bridgehead atoms. The van der Waals surface area contributed by atoms with Crippen molar-refractivity contribution in [1.82, 2.24) is 9.80 Å². The highest BCUT2D eigenvalue weighted by atomic mass is 16.4. The third-order valence-corrected chi connectivity index (χ3v) is 4.16. The minimum atomic E-state index is -0.905. The second-order valence-corrected chi connectivity index (χ2v) is 6.33. The maximum Gasteiger partial charge on any atom is 0.323 e. The van der Waals surface area contributed by atoms with E-state index >= 15 is 0 Å². The van der Waals surface area contributed by atoms with E-state index in [9.17, 15) is 9.59 Å². The van der Waals surface area contributed by atoms with Crippen LogP contribution in [0.25, 0.3) is 0 Å². The lowest BCUT2D eigenvalue weighted by molar-refractivity contribution is -0.137. The van der Waals surface area contributed by atoms with Crippen molar-refractivity contribution in [3.63, 3.8) is 0 Å². The Bertz CT molecular complexity index is 359. The molecule has 2 amide bonds. The molecule has 1 N–H and O–H groups in total. The minimum Gasteiger partial charge on any atom is -0.480 e. The van der Waals surface area contributed by atoms with Gasteiger partial charge in [0, 0.05) is 19.1 Å². The summed E-state index contributed by atoms with van der Waals surface area (Å²) in [7, 11) is 0. The smallest absolute Gasteiger partial charge is 0.323 e. The largest absolute Gasteiger partial charge is 0.480 e. The molecule has 3 fully saturated rings. The summed E-state index contributed by atoms with van der Waals surface area (Å²) < 4.78 is 0. The Morgan fingerprint density at radius 1 is 0.947 bits per heavy atom. The molecule has 19 heavy (non-hydrogen) atoms. The van der Waals surface area contributed by atoms with Crippen LogP contribution < -0.4 is 0 Å². The molecule has 0 saturated heterocycles. The molecule has 0 radical (unpaired) electrons. The van der Waals surface area contributed by atoms with Gasteiger partial charge >= 0.3 is 12.0 Å². The number of rotatable bonds is 7. The van der Waals surface area contributed by atoms with E-state index in [-0.39, 0.29) is 18.6 Å². The lowest BCUT2D eigenvalue weighted by Crippen LogP contribution is -2.47. The van der Waals surface area contributed by atoms with E-state index in [2.05, 4.69) is 0 Å². The Labute approximate surface area is 113 Å². The predicted molar refractivity (Wildman–Crippen MR) is 69.8 cm³/mol. The molecular weight excluding hydrogens is 244 g/mol. The molecule has 0 unspecified atom stereocenters. The topological polar surface area (TPSA) is 60.9 Å². The van der Waals surface area contributed by atoms with Gasteiger partial charge in [0.05, 0.1) is 0 Å². The van der Waals surface area contributed by atoms with Crippen LogP contribution in [-0.2, 0) is 4.79 Å². The number of aliphatic carboxylic acids is 1. The highest BCUT2D eigenvalue weighted by Crippen LogP contribution is 2.35. The molecule has 0 aliphatic heterocycles. The van der Waals surface area contributed by atoms with Crippen LogP contribution in [0.5, 0.6) is 0 Å². The Morgan fingerprint density at radius 2 is 1.47 bits per heavy atom. The number of hydrogen-bond donors (Lipinski definition) is 1.